The van der Waals surface area contributed by atoms with Crippen LogP contribution in [-0.4, -0.2) is 28.8 Å². The number of benzene rings is 2. The summed E-state index contributed by atoms with van der Waals surface area (Å²) in [5, 5.41) is 7.40. The number of esters is 1. The Kier molecular flexibility index (Phi) is 5.12. The molecule has 0 radical (unpaired) electrons. The Labute approximate surface area is 167 Å². The SMILES string of the molecule is COC(=O)c1ccc(CNC(=O)c2nn(-c3ccc(F)cc3)c3c2CCC3)cc1. The highest BCUT2D eigenvalue weighted by Gasteiger charge is 2.26. The Morgan fingerprint density at radius 1 is 1.10 bits per heavy atom. The zero-order chi connectivity index (χ0) is 20.4. The highest BCUT2D eigenvalue weighted by molar-refractivity contribution is 5.94. The van der Waals surface area contributed by atoms with Crippen molar-refractivity contribution in [3.05, 3.63) is 82.4 Å². The van der Waals surface area contributed by atoms with E-state index in [1.807, 2.05) is 0 Å². The fourth-order valence-electron chi connectivity index (χ4n) is 3.56. The number of amides is 1. The van der Waals surface area contributed by atoms with Gasteiger partial charge in [0.1, 0.15) is 5.82 Å². The van der Waals surface area contributed by atoms with Crippen LogP contribution in [0.5, 0.6) is 0 Å². The minimum Gasteiger partial charge on any atom is -0.465 e. The van der Waals surface area contributed by atoms with Gasteiger partial charge in [-0.3, -0.25) is 4.79 Å². The molecule has 0 bridgehead atoms. The summed E-state index contributed by atoms with van der Waals surface area (Å²) in [6.45, 7) is 0.318. The van der Waals surface area contributed by atoms with Gasteiger partial charge in [-0.25, -0.2) is 13.9 Å². The summed E-state index contributed by atoms with van der Waals surface area (Å²) >= 11 is 0. The molecule has 7 heteroatoms. The average Bonchev–Trinajstić information content (AvgIpc) is 3.35. The summed E-state index contributed by atoms with van der Waals surface area (Å²) in [4.78, 5) is 24.3. The van der Waals surface area contributed by atoms with Gasteiger partial charge in [-0.15, -0.1) is 0 Å². The summed E-state index contributed by atoms with van der Waals surface area (Å²) in [5.41, 5.74) is 4.42. The number of fused-ring (bicyclic) bond motifs is 1. The highest BCUT2D eigenvalue weighted by Crippen LogP contribution is 2.28. The van der Waals surface area contributed by atoms with E-state index in [0.717, 1.165) is 41.8 Å². The molecule has 0 saturated carbocycles. The Balaban J connectivity index is 1.51. The third kappa shape index (κ3) is 3.76. The van der Waals surface area contributed by atoms with E-state index in [9.17, 15) is 14.0 Å². The number of ether oxygens (including phenoxy) is 1. The summed E-state index contributed by atoms with van der Waals surface area (Å²) in [6.07, 6.45) is 2.60. The van der Waals surface area contributed by atoms with Crippen LogP contribution in [0.4, 0.5) is 4.39 Å². The number of rotatable bonds is 5. The maximum atomic E-state index is 13.2. The first kappa shape index (κ1) is 18.9. The standard InChI is InChI=1S/C22H20FN3O3/c1-29-22(28)15-7-5-14(6-8-15)13-24-21(27)20-18-3-2-4-19(18)26(25-20)17-11-9-16(23)10-12-17/h5-12H,2-4,13H2,1H3,(H,24,27). The minimum atomic E-state index is -0.400. The third-order valence-electron chi connectivity index (χ3n) is 5.04. The molecule has 1 N–H and O–H groups in total. The molecule has 0 saturated heterocycles. The van der Waals surface area contributed by atoms with Gasteiger partial charge in [0.25, 0.3) is 5.91 Å². The van der Waals surface area contributed by atoms with Crippen LogP contribution in [-0.2, 0) is 24.1 Å². The smallest absolute Gasteiger partial charge is 0.337 e. The summed E-state index contributed by atoms with van der Waals surface area (Å²) in [5.74, 6) is -0.961. The van der Waals surface area contributed by atoms with Crippen LogP contribution in [0.25, 0.3) is 5.69 Å². The second-order valence-corrected chi connectivity index (χ2v) is 6.89. The van der Waals surface area contributed by atoms with Crippen LogP contribution in [0.3, 0.4) is 0 Å². The molecule has 0 spiro atoms. The van der Waals surface area contributed by atoms with Gasteiger partial charge in [0.15, 0.2) is 5.69 Å². The summed E-state index contributed by atoms with van der Waals surface area (Å²) in [6, 6.07) is 13.0. The van der Waals surface area contributed by atoms with Gasteiger partial charge >= 0.3 is 5.97 Å². The number of carbonyl (C=O) groups is 2. The van der Waals surface area contributed by atoms with E-state index in [2.05, 4.69) is 15.2 Å². The Hall–Kier alpha value is -3.48. The van der Waals surface area contributed by atoms with Gasteiger partial charge in [-0.05, 0) is 61.2 Å². The number of methoxy groups -OCH3 is 1. The van der Waals surface area contributed by atoms with Crippen molar-refractivity contribution in [2.75, 3.05) is 7.11 Å². The predicted molar refractivity (Wildman–Crippen MR) is 104 cm³/mol. The Morgan fingerprint density at radius 3 is 2.52 bits per heavy atom. The summed E-state index contributed by atoms with van der Waals surface area (Å²) < 4.78 is 19.7. The number of halogens is 1. The number of hydrogen-bond acceptors (Lipinski definition) is 4. The van der Waals surface area contributed by atoms with Crippen LogP contribution in [0.15, 0.2) is 48.5 Å². The molecule has 4 rings (SSSR count). The Morgan fingerprint density at radius 2 is 1.83 bits per heavy atom. The topological polar surface area (TPSA) is 73.2 Å². The van der Waals surface area contributed by atoms with Crippen molar-refractivity contribution in [1.82, 2.24) is 15.1 Å². The number of nitrogens with zero attached hydrogens (tertiary/aromatic N) is 2. The second-order valence-electron chi connectivity index (χ2n) is 6.89. The molecule has 1 aliphatic rings. The van der Waals surface area contributed by atoms with Gasteiger partial charge < -0.3 is 10.1 Å². The van der Waals surface area contributed by atoms with Crippen molar-refractivity contribution in [1.29, 1.82) is 0 Å². The van der Waals surface area contributed by atoms with Gasteiger partial charge in [-0.1, -0.05) is 12.1 Å². The van der Waals surface area contributed by atoms with Gasteiger partial charge in [0, 0.05) is 17.8 Å². The molecule has 148 valence electrons. The fourth-order valence-corrected chi connectivity index (χ4v) is 3.56. The molecule has 3 aromatic rings. The highest BCUT2D eigenvalue weighted by atomic mass is 19.1. The third-order valence-corrected chi connectivity index (χ3v) is 5.04. The molecular formula is C22H20FN3O3. The molecule has 0 aliphatic heterocycles. The molecule has 0 fully saturated rings. The molecule has 1 amide bonds. The van der Waals surface area contributed by atoms with E-state index in [1.165, 1.54) is 19.2 Å². The van der Waals surface area contributed by atoms with Crippen molar-refractivity contribution in [3.63, 3.8) is 0 Å². The average molecular weight is 393 g/mol. The van der Waals surface area contributed by atoms with E-state index >= 15 is 0 Å². The van der Waals surface area contributed by atoms with Crippen LogP contribution < -0.4 is 5.32 Å². The molecule has 1 aliphatic carbocycles. The molecule has 2 aromatic carbocycles. The Bertz CT molecular complexity index is 1060. The molecule has 1 heterocycles. The number of nitrogens with one attached hydrogen (secondary N) is 1. The number of aromatic nitrogens is 2. The monoisotopic (exact) mass is 393 g/mol. The quantitative estimate of drug-likeness (QED) is 0.676. The molecule has 0 atom stereocenters. The first-order valence-electron chi connectivity index (χ1n) is 9.39. The lowest BCUT2D eigenvalue weighted by Crippen LogP contribution is -2.24. The first-order valence-corrected chi connectivity index (χ1v) is 9.39. The first-order chi connectivity index (χ1) is 14.1. The van der Waals surface area contributed by atoms with E-state index in [-0.39, 0.29) is 11.7 Å². The van der Waals surface area contributed by atoms with Gasteiger partial charge in [0.05, 0.1) is 18.4 Å². The van der Waals surface area contributed by atoms with Crippen molar-refractivity contribution in [3.8, 4) is 5.69 Å². The minimum absolute atomic E-state index is 0.249. The molecular weight excluding hydrogens is 373 g/mol. The van der Waals surface area contributed by atoms with Gasteiger partial charge in [0.2, 0.25) is 0 Å². The fraction of sp³-hybridized carbons (Fsp3) is 0.227. The molecule has 1 aromatic heterocycles. The van der Waals surface area contributed by atoms with Crippen LogP contribution >= 0.6 is 0 Å². The zero-order valence-corrected chi connectivity index (χ0v) is 15.9. The molecule has 29 heavy (non-hydrogen) atoms. The molecule has 0 unspecified atom stereocenters. The maximum Gasteiger partial charge on any atom is 0.337 e. The van der Waals surface area contributed by atoms with Crippen molar-refractivity contribution in [2.24, 2.45) is 0 Å². The van der Waals surface area contributed by atoms with Crippen molar-refractivity contribution >= 4 is 11.9 Å². The van der Waals surface area contributed by atoms with E-state index < -0.39 is 5.97 Å². The van der Waals surface area contributed by atoms with Crippen LogP contribution in [0.1, 0.15) is 44.1 Å². The predicted octanol–water partition coefficient (Wildman–Crippen LogP) is 3.22. The second kappa shape index (κ2) is 7.87. The lowest BCUT2D eigenvalue weighted by Gasteiger charge is -2.06. The van der Waals surface area contributed by atoms with Crippen molar-refractivity contribution < 1.29 is 18.7 Å². The van der Waals surface area contributed by atoms with E-state index in [1.54, 1.807) is 41.1 Å². The lowest BCUT2D eigenvalue weighted by atomic mass is 10.1. The van der Waals surface area contributed by atoms with E-state index in [4.69, 9.17) is 0 Å². The van der Waals surface area contributed by atoms with E-state index in [0.29, 0.717) is 17.8 Å². The zero-order valence-electron chi connectivity index (χ0n) is 15.9. The number of hydrogen-bond donors (Lipinski definition) is 1. The maximum absolute atomic E-state index is 13.2. The largest absolute Gasteiger partial charge is 0.465 e. The normalized spacial score (nSPS) is 12.5. The summed E-state index contributed by atoms with van der Waals surface area (Å²) in [7, 11) is 1.33. The van der Waals surface area contributed by atoms with Gasteiger partial charge in [-0.2, -0.15) is 5.10 Å². The van der Waals surface area contributed by atoms with Crippen molar-refractivity contribution in [2.45, 2.75) is 25.8 Å². The molecule has 6 nitrogen and oxygen atoms in total. The lowest BCUT2D eigenvalue weighted by molar-refractivity contribution is 0.0600. The number of carbonyl (C=O) groups excluding carboxylic acids is 2. The van der Waals surface area contributed by atoms with Crippen LogP contribution in [0.2, 0.25) is 0 Å². The van der Waals surface area contributed by atoms with Crippen LogP contribution in [0, 0.1) is 5.82 Å².